The van der Waals surface area contributed by atoms with E-state index in [1.54, 1.807) is 39.8 Å². The number of carboxylic acid groups (broad SMARTS) is 1. The van der Waals surface area contributed by atoms with Gasteiger partial charge in [-0.1, -0.05) is 51.5 Å². The Morgan fingerprint density at radius 3 is 2.17 bits per heavy atom. The molecule has 0 saturated carbocycles. The standard InChI is InChI=1S/C29H34FN3O3/c1-18(2)16-33(17-19(3)4)27-13-8-21(25-15-22(30)9-12-24(25)28(34)35)14-26(27)32-29(36)31-23-10-6-20(5)7-11-23/h6-15,18-19H,16-17H2,1-5H3,(H,34,35)(H2,31,32,36)/i16D2,17D2. The number of hydrogen-bond acceptors (Lipinski definition) is 3. The molecule has 3 aromatic carbocycles. The van der Waals surface area contributed by atoms with E-state index in [0.717, 1.165) is 28.7 Å². The first-order chi connectivity index (χ1) is 18.5. The van der Waals surface area contributed by atoms with Crippen molar-refractivity contribution < 1.29 is 24.6 Å². The van der Waals surface area contributed by atoms with Crippen molar-refractivity contribution in [1.82, 2.24) is 0 Å². The smallest absolute Gasteiger partial charge is 0.336 e. The predicted octanol–water partition coefficient (Wildman–Crippen LogP) is 7.26. The van der Waals surface area contributed by atoms with Gasteiger partial charge in [0.1, 0.15) is 5.82 Å². The number of carbonyl (C=O) groups excluding carboxylic acids is 1. The molecule has 0 aromatic heterocycles. The fraction of sp³-hybridized carbons (Fsp3) is 0.310. The second-order valence-electron chi connectivity index (χ2n) is 9.08. The first kappa shape index (κ1) is 21.4. The highest BCUT2D eigenvalue weighted by atomic mass is 19.1. The summed E-state index contributed by atoms with van der Waals surface area (Å²) in [6.07, 6.45) is 0. The number of anilines is 3. The Kier molecular flexibility index (Phi) is 6.96. The van der Waals surface area contributed by atoms with Crippen LogP contribution in [-0.4, -0.2) is 30.1 Å². The van der Waals surface area contributed by atoms with Crippen LogP contribution in [0.2, 0.25) is 0 Å². The molecule has 2 amide bonds. The highest BCUT2D eigenvalue weighted by Crippen LogP contribution is 2.34. The topological polar surface area (TPSA) is 81.7 Å². The molecule has 3 aromatic rings. The third kappa shape index (κ3) is 7.07. The molecule has 7 heteroatoms. The van der Waals surface area contributed by atoms with Gasteiger partial charge in [0.2, 0.25) is 0 Å². The summed E-state index contributed by atoms with van der Waals surface area (Å²) in [7, 11) is 0. The van der Waals surface area contributed by atoms with Crippen LogP contribution in [0.15, 0.2) is 60.7 Å². The number of amides is 2. The van der Waals surface area contributed by atoms with E-state index in [4.69, 9.17) is 5.48 Å². The maximum absolute atomic E-state index is 14.2. The number of carbonyl (C=O) groups is 2. The number of aryl methyl sites for hydroxylation is 1. The number of urea groups is 1. The van der Waals surface area contributed by atoms with Crippen LogP contribution in [0.5, 0.6) is 0 Å². The molecule has 0 aliphatic rings. The van der Waals surface area contributed by atoms with Crippen LogP contribution in [0, 0.1) is 24.6 Å². The van der Waals surface area contributed by atoms with Crippen LogP contribution in [0.1, 0.15) is 49.1 Å². The molecule has 3 N–H and O–H groups in total. The minimum absolute atomic E-state index is 0.0109. The number of carboxylic acids is 1. The van der Waals surface area contributed by atoms with Gasteiger partial charge < -0.3 is 20.6 Å². The van der Waals surface area contributed by atoms with Crippen LogP contribution >= 0.6 is 0 Å². The third-order valence-electron chi connectivity index (χ3n) is 5.09. The van der Waals surface area contributed by atoms with Crippen molar-refractivity contribution in [3.05, 3.63) is 77.6 Å². The molecule has 0 fully saturated rings. The number of halogens is 1. The van der Waals surface area contributed by atoms with Crippen LogP contribution < -0.4 is 15.5 Å². The van der Waals surface area contributed by atoms with Gasteiger partial charge in [0.25, 0.3) is 0 Å². The van der Waals surface area contributed by atoms with Crippen molar-refractivity contribution in [1.29, 1.82) is 0 Å². The van der Waals surface area contributed by atoms with Crippen molar-refractivity contribution in [2.45, 2.75) is 34.6 Å². The van der Waals surface area contributed by atoms with Gasteiger partial charge in [-0.05, 0) is 72.4 Å². The Morgan fingerprint density at radius 2 is 1.58 bits per heavy atom. The summed E-state index contributed by atoms with van der Waals surface area (Å²) >= 11 is 0. The lowest BCUT2D eigenvalue weighted by Gasteiger charge is -2.31. The zero-order valence-electron chi connectivity index (χ0n) is 25.0. The third-order valence-corrected chi connectivity index (χ3v) is 5.09. The maximum atomic E-state index is 14.2. The number of rotatable bonds is 9. The first-order valence-corrected chi connectivity index (χ1v) is 11.7. The molecule has 3 rings (SSSR count). The highest BCUT2D eigenvalue weighted by molar-refractivity contribution is 6.03. The maximum Gasteiger partial charge on any atom is 0.336 e. The number of nitrogens with zero attached hydrogens (tertiary/aromatic N) is 1. The molecule has 0 unspecified atom stereocenters. The molecule has 190 valence electrons. The Bertz CT molecular complexity index is 1380. The Labute approximate surface area is 217 Å². The van der Waals surface area contributed by atoms with E-state index in [9.17, 15) is 19.1 Å². The summed E-state index contributed by atoms with van der Waals surface area (Å²) in [5, 5.41) is 15.1. The second kappa shape index (κ2) is 11.7. The van der Waals surface area contributed by atoms with Crippen molar-refractivity contribution >= 4 is 29.1 Å². The zero-order chi connectivity index (χ0) is 30.0. The van der Waals surface area contributed by atoms with Crippen LogP contribution in [0.4, 0.5) is 26.2 Å². The normalized spacial score (nSPS) is 13.4. The predicted molar refractivity (Wildman–Crippen MR) is 145 cm³/mol. The summed E-state index contributed by atoms with van der Waals surface area (Å²) in [4.78, 5) is 26.0. The molecule has 0 spiro atoms. The van der Waals surface area contributed by atoms with Gasteiger partial charge in [-0.2, -0.15) is 0 Å². The number of nitrogens with one attached hydrogen (secondary N) is 2. The lowest BCUT2D eigenvalue weighted by atomic mass is 9.98. The van der Waals surface area contributed by atoms with Gasteiger partial charge in [-0.15, -0.1) is 0 Å². The summed E-state index contributed by atoms with van der Waals surface area (Å²) in [6.45, 7) is 4.00. The SMILES string of the molecule is [2H]C([2H])(C(C)C)N(c1ccc(-c2cc(F)ccc2C(=O)O)cc1NC(=O)Nc1ccc(C)cc1)C([2H])([2H])C(C)C. The van der Waals surface area contributed by atoms with Crippen molar-refractivity contribution in [2.75, 3.05) is 28.5 Å². The number of hydrogen-bond donors (Lipinski definition) is 3. The van der Waals surface area contributed by atoms with Gasteiger partial charge in [0, 0.05) is 24.2 Å². The summed E-state index contributed by atoms with van der Waals surface area (Å²) in [5.74, 6) is -3.25. The van der Waals surface area contributed by atoms with E-state index in [-0.39, 0.29) is 28.1 Å². The molecular formula is C29H34FN3O3. The van der Waals surface area contributed by atoms with E-state index in [2.05, 4.69) is 10.6 Å². The first-order valence-electron chi connectivity index (χ1n) is 13.7. The minimum Gasteiger partial charge on any atom is -0.478 e. The Balaban J connectivity index is 2.24. The van der Waals surface area contributed by atoms with Crippen molar-refractivity contribution in [3.63, 3.8) is 0 Å². The molecule has 0 radical (unpaired) electrons. The molecule has 0 atom stereocenters. The van der Waals surface area contributed by atoms with E-state index in [1.807, 2.05) is 19.1 Å². The van der Waals surface area contributed by atoms with E-state index >= 15 is 0 Å². The van der Waals surface area contributed by atoms with Gasteiger partial charge in [0.15, 0.2) is 0 Å². The molecule has 0 aliphatic heterocycles. The number of benzene rings is 3. The van der Waals surface area contributed by atoms with Crippen LogP contribution in [-0.2, 0) is 0 Å². The molecule has 0 bridgehead atoms. The molecule has 6 nitrogen and oxygen atoms in total. The average molecular weight is 496 g/mol. The molecular weight excluding hydrogens is 457 g/mol. The van der Waals surface area contributed by atoms with Gasteiger partial charge in [0.05, 0.1) is 16.9 Å². The highest BCUT2D eigenvalue weighted by Gasteiger charge is 2.19. The summed E-state index contributed by atoms with van der Waals surface area (Å²) in [6, 6.07) is 13.9. The van der Waals surface area contributed by atoms with Crippen LogP contribution in [0.3, 0.4) is 0 Å². The summed E-state index contributed by atoms with van der Waals surface area (Å²) in [5.41, 5.74) is 1.65. The minimum atomic E-state index is -2.20. The van der Waals surface area contributed by atoms with Gasteiger partial charge >= 0.3 is 12.0 Å². The fourth-order valence-electron chi connectivity index (χ4n) is 3.55. The second-order valence-corrected chi connectivity index (χ2v) is 9.08. The van der Waals surface area contributed by atoms with Gasteiger partial charge in [-0.25, -0.2) is 14.0 Å². The Morgan fingerprint density at radius 1 is 0.944 bits per heavy atom. The lowest BCUT2D eigenvalue weighted by Crippen LogP contribution is -2.32. The summed E-state index contributed by atoms with van der Waals surface area (Å²) < 4.78 is 49.5. The lowest BCUT2D eigenvalue weighted by molar-refractivity contribution is 0.0697. The van der Waals surface area contributed by atoms with E-state index in [1.165, 1.54) is 18.2 Å². The quantitative estimate of drug-likeness (QED) is 0.292. The largest absolute Gasteiger partial charge is 0.478 e. The van der Waals surface area contributed by atoms with E-state index < -0.39 is 42.6 Å². The molecule has 0 saturated heterocycles. The Hall–Kier alpha value is -3.87. The average Bonchev–Trinajstić information content (AvgIpc) is 2.85. The zero-order valence-corrected chi connectivity index (χ0v) is 21.0. The molecule has 0 aliphatic carbocycles. The van der Waals surface area contributed by atoms with Gasteiger partial charge in [-0.3, -0.25) is 0 Å². The molecule has 0 heterocycles. The van der Waals surface area contributed by atoms with Crippen molar-refractivity contribution in [2.24, 2.45) is 11.8 Å². The monoisotopic (exact) mass is 495 g/mol. The van der Waals surface area contributed by atoms with Crippen molar-refractivity contribution in [3.8, 4) is 11.1 Å². The van der Waals surface area contributed by atoms with E-state index in [0.29, 0.717) is 5.69 Å². The number of aromatic carboxylic acids is 1. The molecule has 36 heavy (non-hydrogen) atoms. The van der Waals surface area contributed by atoms with Crippen LogP contribution in [0.25, 0.3) is 11.1 Å². The fourth-order valence-corrected chi connectivity index (χ4v) is 3.55.